The Morgan fingerprint density at radius 2 is 1.97 bits per heavy atom. The lowest BCUT2D eigenvalue weighted by atomic mass is 9.92. The molecule has 3 heterocycles. The van der Waals surface area contributed by atoms with Crippen LogP contribution in [-0.4, -0.2) is 40.2 Å². The van der Waals surface area contributed by atoms with Crippen LogP contribution in [-0.2, 0) is 4.79 Å². The van der Waals surface area contributed by atoms with Crippen LogP contribution in [0, 0.1) is 0 Å². The maximum Gasteiger partial charge on any atom is 0.339 e. The number of hydrogen-bond acceptors (Lipinski definition) is 4. The fourth-order valence-electron chi connectivity index (χ4n) is 4.23. The van der Waals surface area contributed by atoms with Gasteiger partial charge in [-0.2, -0.15) is 0 Å². The summed E-state index contributed by atoms with van der Waals surface area (Å²) in [6.45, 7) is 2.56. The standard InChI is InChI=1S/C23H20N2O5/c1-2-13-10-25(22(26)14-7-8-18-19(9-14)30-12-29-18)11-16(23(27)28)21-20(13)15-5-3-4-6-17(15)24-21/h3-9,11,13,24H,2,10,12H2,1H3,(H,27,28). The van der Waals surface area contributed by atoms with E-state index in [4.69, 9.17) is 9.47 Å². The Kier molecular flexibility index (Phi) is 4.24. The first-order valence-electron chi connectivity index (χ1n) is 9.83. The first-order chi connectivity index (χ1) is 14.6. The second-order valence-electron chi connectivity index (χ2n) is 7.44. The largest absolute Gasteiger partial charge is 0.478 e. The van der Waals surface area contributed by atoms with Crippen molar-refractivity contribution in [3.8, 4) is 11.5 Å². The summed E-state index contributed by atoms with van der Waals surface area (Å²) in [5.74, 6) is -0.261. The van der Waals surface area contributed by atoms with Crippen LogP contribution in [0.2, 0.25) is 0 Å². The summed E-state index contributed by atoms with van der Waals surface area (Å²) < 4.78 is 10.7. The molecule has 0 saturated heterocycles. The van der Waals surface area contributed by atoms with Crippen LogP contribution in [0.1, 0.15) is 40.9 Å². The summed E-state index contributed by atoms with van der Waals surface area (Å²) in [5.41, 5.74) is 2.90. The van der Waals surface area contributed by atoms with Gasteiger partial charge in [0.1, 0.15) is 0 Å². The third-order valence-electron chi connectivity index (χ3n) is 5.73. The fourth-order valence-corrected chi connectivity index (χ4v) is 4.23. The van der Waals surface area contributed by atoms with E-state index in [1.54, 1.807) is 18.2 Å². The number of aromatic amines is 1. The zero-order valence-electron chi connectivity index (χ0n) is 16.3. The molecule has 30 heavy (non-hydrogen) atoms. The highest BCUT2D eigenvalue weighted by Crippen LogP contribution is 2.39. The molecule has 5 rings (SSSR count). The minimum atomic E-state index is -1.08. The fraction of sp³-hybridized carbons (Fsp3) is 0.217. The van der Waals surface area contributed by atoms with Crippen molar-refractivity contribution in [2.75, 3.05) is 13.3 Å². The van der Waals surface area contributed by atoms with Gasteiger partial charge in [0.25, 0.3) is 5.91 Å². The maximum absolute atomic E-state index is 13.3. The predicted octanol–water partition coefficient (Wildman–Crippen LogP) is 3.97. The zero-order valence-corrected chi connectivity index (χ0v) is 16.3. The Balaban J connectivity index is 1.61. The van der Waals surface area contributed by atoms with E-state index in [0.29, 0.717) is 29.3 Å². The number of rotatable bonds is 3. The van der Waals surface area contributed by atoms with Gasteiger partial charge in [-0.15, -0.1) is 0 Å². The molecule has 0 radical (unpaired) electrons. The molecule has 2 aliphatic rings. The van der Waals surface area contributed by atoms with E-state index in [0.717, 1.165) is 22.9 Å². The number of nitrogens with zero attached hydrogens (tertiary/aromatic N) is 1. The molecule has 7 nitrogen and oxygen atoms in total. The van der Waals surface area contributed by atoms with Gasteiger partial charge >= 0.3 is 5.97 Å². The van der Waals surface area contributed by atoms with Crippen molar-refractivity contribution in [1.29, 1.82) is 0 Å². The quantitative estimate of drug-likeness (QED) is 0.689. The minimum Gasteiger partial charge on any atom is -0.478 e. The highest BCUT2D eigenvalue weighted by atomic mass is 16.7. The van der Waals surface area contributed by atoms with Crippen LogP contribution in [0.5, 0.6) is 11.5 Å². The van der Waals surface area contributed by atoms with E-state index in [1.807, 2.05) is 31.2 Å². The summed E-state index contributed by atoms with van der Waals surface area (Å²) in [7, 11) is 0. The molecule has 1 atom stereocenters. The van der Waals surface area contributed by atoms with Gasteiger partial charge in [0, 0.05) is 35.1 Å². The molecular weight excluding hydrogens is 384 g/mol. The summed E-state index contributed by atoms with van der Waals surface area (Å²) in [6.07, 6.45) is 2.21. The van der Waals surface area contributed by atoms with E-state index in [-0.39, 0.29) is 24.2 Å². The lowest BCUT2D eigenvalue weighted by molar-refractivity contribution is -0.130. The number of carbonyl (C=O) groups is 2. The van der Waals surface area contributed by atoms with Crippen LogP contribution >= 0.6 is 0 Å². The second kappa shape index (κ2) is 6.95. The van der Waals surface area contributed by atoms with Gasteiger partial charge in [-0.25, -0.2) is 4.79 Å². The van der Waals surface area contributed by atoms with Crippen LogP contribution in [0.25, 0.3) is 16.5 Å². The number of aromatic nitrogens is 1. The number of aliphatic carboxylic acids is 1. The number of carboxylic acid groups (broad SMARTS) is 1. The number of carboxylic acids is 1. The second-order valence-corrected chi connectivity index (χ2v) is 7.44. The van der Waals surface area contributed by atoms with Crippen molar-refractivity contribution in [1.82, 2.24) is 9.88 Å². The van der Waals surface area contributed by atoms with Crippen molar-refractivity contribution in [3.05, 3.63) is 65.5 Å². The third kappa shape index (κ3) is 2.82. The number of hydrogen-bond donors (Lipinski definition) is 2. The average Bonchev–Trinajstić information content (AvgIpc) is 3.33. The molecule has 0 bridgehead atoms. The Bertz CT molecular complexity index is 1210. The summed E-state index contributed by atoms with van der Waals surface area (Å²) in [6, 6.07) is 12.8. The molecule has 0 spiro atoms. The molecule has 3 aromatic rings. The van der Waals surface area contributed by atoms with Gasteiger partial charge in [-0.05, 0) is 36.2 Å². The molecular formula is C23H20N2O5. The number of fused-ring (bicyclic) bond motifs is 4. The number of H-pyrrole nitrogens is 1. The van der Waals surface area contributed by atoms with Gasteiger partial charge in [0.05, 0.1) is 11.3 Å². The number of amides is 1. The predicted molar refractivity (Wildman–Crippen MR) is 111 cm³/mol. The number of carbonyl (C=O) groups excluding carboxylic acids is 1. The van der Waals surface area contributed by atoms with Crippen LogP contribution in [0.3, 0.4) is 0 Å². The van der Waals surface area contributed by atoms with Crippen molar-refractivity contribution in [2.24, 2.45) is 0 Å². The van der Waals surface area contributed by atoms with Crippen LogP contribution in [0.4, 0.5) is 0 Å². The van der Waals surface area contributed by atoms with Gasteiger partial charge in [-0.1, -0.05) is 25.1 Å². The smallest absolute Gasteiger partial charge is 0.339 e. The molecule has 0 aliphatic carbocycles. The molecule has 1 amide bonds. The van der Waals surface area contributed by atoms with E-state index in [9.17, 15) is 14.7 Å². The minimum absolute atomic E-state index is 0.0118. The maximum atomic E-state index is 13.3. The average molecular weight is 404 g/mol. The van der Waals surface area contributed by atoms with Crippen LogP contribution < -0.4 is 9.47 Å². The van der Waals surface area contributed by atoms with E-state index in [1.165, 1.54) is 11.1 Å². The molecule has 2 N–H and O–H groups in total. The number of para-hydroxylation sites is 1. The van der Waals surface area contributed by atoms with Crippen molar-refractivity contribution < 1.29 is 24.2 Å². The van der Waals surface area contributed by atoms with Crippen LogP contribution in [0.15, 0.2) is 48.7 Å². The summed E-state index contributed by atoms with van der Waals surface area (Å²) in [5, 5.41) is 10.9. The molecule has 7 heteroatoms. The molecule has 0 saturated carbocycles. The Hall–Kier alpha value is -3.74. The normalized spacial score (nSPS) is 17.4. The summed E-state index contributed by atoms with van der Waals surface area (Å²) in [4.78, 5) is 30.2. The molecule has 1 unspecified atom stereocenters. The molecule has 152 valence electrons. The lowest BCUT2D eigenvalue weighted by Crippen LogP contribution is -2.29. The van der Waals surface area contributed by atoms with Crippen molar-refractivity contribution in [2.45, 2.75) is 19.3 Å². The number of nitrogens with one attached hydrogen (secondary N) is 1. The molecule has 1 aromatic heterocycles. The number of benzene rings is 2. The lowest BCUT2D eigenvalue weighted by Gasteiger charge is -2.23. The topological polar surface area (TPSA) is 91.9 Å². The summed E-state index contributed by atoms with van der Waals surface area (Å²) >= 11 is 0. The van der Waals surface area contributed by atoms with Crippen molar-refractivity contribution >= 4 is 28.4 Å². The first kappa shape index (κ1) is 18.3. The monoisotopic (exact) mass is 404 g/mol. The highest BCUT2D eigenvalue weighted by molar-refractivity contribution is 6.17. The molecule has 2 aliphatic heterocycles. The Morgan fingerprint density at radius 3 is 2.77 bits per heavy atom. The van der Waals surface area contributed by atoms with Gasteiger partial charge < -0.3 is 24.5 Å². The Labute approximate surface area is 172 Å². The zero-order chi connectivity index (χ0) is 20.8. The molecule has 2 aromatic carbocycles. The SMILES string of the molecule is CCC1CN(C(=O)c2ccc3c(c2)OCO3)C=C(C(=O)O)c2[nH]c3ccccc3c21. The molecule has 0 fully saturated rings. The van der Waals surface area contributed by atoms with E-state index < -0.39 is 5.97 Å². The van der Waals surface area contributed by atoms with E-state index >= 15 is 0 Å². The first-order valence-corrected chi connectivity index (χ1v) is 9.83. The van der Waals surface area contributed by atoms with Gasteiger partial charge in [0.15, 0.2) is 11.5 Å². The van der Waals surface area contributed by atoms with Crippen molar-refractivity contribution in [3.63, 3.8) is 0 Å². The highest BCUT2D eigenvalue weighted by Gasteiger charge is 2.32. The third-order valence-corrected chi connectivity index (χ3v) is 5.73. The van der Waals surface area contributed by atoms with Gasteiger partial charge in [-0.3, -0.25) is 4.79 Å². The Morgan fingerprint density at radius 1 is 1.17 bits per heavy atom. The number of ether oxygens (including phenoxy) is 2. The van der Waals surface area contributed by atoms with E-state index in [2.05, 4.69) is 4.98 Å². The van der Waals surface area contributed by atoms with Gasteiger partial charge in [0.2, 0.25) is 6.79 Å².